The molecule has 0 aliphatic heterocycles. The van der Waals surface area contributed by atoms with Crippen LogP contribution < -0.4 is 10.6 Å². The van der Waals surface area contributed by atoms with Gasteiger partial charge in [-0.15, -0.1) is 0 Å². The van der Waals surface area contributed by atoms with Crippen LogP contribution in [0.5, 0.6) is 0 Å². The van der Waals surface area contributed by atoms with Crippen LogP contribution >= 0.6 is 0 Å². The average Bonchev–Trinajstić information content (AvgIpc) is 2.58. The fraction of sp³-hybridized carbons (Fsp3) is 0.353. The second-order valence-electron chi connectivity index (χ2n) is 5.23. The summed E-state index contributed by atoms with van der Waals surface area (Å²) in [7, 11) is 1.67. The van der Waals surface area contributed by atoms with Gasteiger partial charge in [0.15, 0.2) is 0 Å². The molecule has 2 aromatic rings. The lowest BCUT2D eigenvalue weighted by molar-refractivity contribution is 0.0945. The standard InChI is InChI=1S/C17H22N4O2/c1-13-4-6-14(7-5-13)10-21-17(22)15-11-20-16(12-19-15)18-8-3-9-23-2/h4-7,11-12H,3,8-10H2,1-2H3,(H,18,20)(H,21,22). The summed E-state index contributed by atoms with van der Waals surface area (Å²) in [6.07, 6.45) is 3.92. The van der Waals surface area contributed by atoms with Crippen LogP contribution in [0.1, 0.15) is 28.0 Å². The zero-order valence-electron chi connectivity index (χ0n) is 13.5. The minimum absolute atomic E-state index is 0.232. The van der Waals surface area contributed by atoms with Crippen LogP contribution in [0.15, 0.2) is 36.7 Å². The van der Waals surface area contributed by atoms with Gasteiger partial charge in [-0.1, -0.05) is 29.8 Å². The van der Waals surface area contributed by atoms with Gasteiger partial charge in [-0.3, -0.25) is 4.79 Å². The number of nitrogens with one attached hydrogen (secondary N) is 2. The average molecular weight is 314 g/mol. The third-order valence-corrected chi connectivity index (χ3v) is 3.29. The van der Waals surface area contributed by atoms with Crippen molar-refractivity contribution in [3.8, 4) is 0 Å². The van der Waals surface area contributed by atoms with Crippen LogP contribution in [0.3, 0.4) is 0 Å². The Morgan fingerprint density at radius 3 is 2.61 bits per heavy atom. The van der Waals surface area contributed by atoms with Gasteiger partial charge in [0.1, 0.15) is 11.5 Å². The van der Waals surface area contributed by atoms with E-state index in [1.807, 2.05) is 31.2 Å². The Hall–Kier alpha value is -2.47. The van der Waals surface area contributed by atoms with Crippen molar-refractivity contribution in [3.05, 3.63) is 53.5 Å². The number of hydrogen-bond donors (Lipinski definition) is 2. The Bertz CT molecular complexity index is 611. The molecule has 0 atom stereocenters. The fourth-order valence-corrected chi connectivity index (χ4v) is 1.95. The van der Waals surface area contributed by atoms with Gasteiger partial charge in [0.2, 0.25) is 0 Å². The van der Waals surface area contributed by atoms with Crippen LogP contribution in [-0.4, -0.2) is 36.1 Å². The number of carbonyl (C=O) groups excluding carboxylic acids is 1. The Balaban J connectivity index is 1.81. The van der Waals surface area contributed by atoms with Gasteiger partial charge in [0, 0.05) is 26.8 Å². The Morgan fingerprint density at radius 1 is 1.17 bits per heavy atom. The molecule has 6 nitrogen and oxygen atoms in total. The maximum atomic E-state index is 12.0. The number of methoxy groups -OCH3 is 1. The molecule has 1 aromatic heterocycles. The summed E-state index contributed by atoms with van der Waals surface area (Å²) in [6.45, 7) is 3.95. The number of hydrogen-bond acceptors (Lipinski definition) is 5. The molecule has 0 radical (unpaired) electrons. The molecule has 0 saturated carbocycles. The van der Waals surface area contributed by atoms with Gasteiger partial charge in [0.05, 0.1) is 12.4 Å². The number of aromatic nitrogens is 2. The van der Waals surface area contributed by atoms with E-state index in [2.05, 4.69) is 20.6 Å². The van der Waals surface area contributed by atoms with Crippen molar-refractivity contribution in [2.24, 2.45) is 0 Å². The minimum Gasteiger partial charge on any atom is -0.385 e. The molecule has 2 N–H and O–H groups in total. The Labute approximate surface area is 136 Å². The summed E-state index contributed by atoms with van der Waals surface area (Å²) >= 11 is 0. The zero-order valence-corrected chi connectivity index (χ0v) is 13.5. The number of amides is 1. The maximum absolute atomic E-state index is 12.0. The molecule has 6 heteroatoms. The number of nitrogens with zero attached hydrogens (tertiary/aromatic N) is 2. The van der Waals surface area contributed by atoms with Crippen molar-refractivity contribution in [3.63, 3.8) is 0 Å². The van der Waals surface area contributed by atoms with Gasteiger partial charge in [-0.05, 0) is 18.9 Å². The third-order valence-electron chi connectivity index (χ3n) is 3.29. The zero-order chi connectivity index (χ0) is 16.5. The number of anilines is 1. The van der Waals surface area contributed by atoms with Crippen molar-refractivity contribution in [2.75, 3.05) is 25.6 Å². The van der Waals surface area contributed by atoms with Crippen LogP contribution in [0, 0.1) is 6.92 Å². The molecule has 0 aliphatic rings. The highest BCUT2D eigenvalue weighted by atomic mass is 16.5. The molecule has 2 rings (SSSR count). The van der Waals surface area contributed by atoms with Gasteiger partial charge in [-0.2, -0.15) is 0 Å². The highest BCUT2D eigenvalue weighted by Gasteiger charge is 2.07. The topological polar surface area (TPSA) is 76.1 Å². The normalized spacial score (nSPS) is 10.3. The molecule has 0 aliphatic carbocycles. The lowest BCUT2D eigenvalue weighted by atomic mass is 10.1. The number of carbonyl (C=O) groups is 1. The largest absolute Gasteiger partial charge is 0.385 e. The fourth-order valence-electron chi connectivity index (χ4n) is 1.95. The summed E-state index contributed by atoms with van der Waals surface area (Å²) < 4.78 is 4.97. The molecular weight excluding hydrogens is 292 g/mol. The van der Waals surface area contributed by atoms with Gasteiger partial charge in [0.25, 0.3) is 5.91 Å². The summed E-state index contributed by atoms with van der Waals surface area (Å²) in [5, 5.41) is 5.96. The number of rotatable bonds is 8. The second kappa shape index (κ2) is 8.85. The lowest BCUT2D eigenvalue weighted by Crippen LogP contribution is -2.24. The van der Waals surface area contributed by atoms with E-state index in [1.165, 1.54) is 11.8 Å². The molecule has 1 amide bonds. The van der Waals surface area contributed by atoms with Crippen molar-refractivity contribution in [1.29, 1.82) is 0 Å². The first kappa shape index (κ1) is 16.9. The van der Waals surface area contributed by atoms with Crippen LogP contribution in [0.25, 0.3) is 0 Å². The monoisotopic (exact) mass is 314 g/mol. The van der Waals surface area contributed by atoms with Gasteiger partial charge in [-0.25, -0.2) is 9.97 Å². The Kier molecular flexibility index (Phi) is 6.50. The molecule has 0 spiro atoms. The second-order valence-corrected chi connectivity index (χ2v) is 5.23. The summed E-state index contributed by atoms with van der Waals surface area (Å²) in [6, 6.07) is 8.03. The molecule has 0 fully saturated rings. The smallest absolute Gasteiger partial charge is 0.271 e. The predicted molar refractivity (Wildman–Crippen MR) is 89.4 cm³/mol. The molecule has 0 unspecified atom stereocenters. The SMILES string of the molecule is COCCCNc1cnc(C(=O)NCc2ccc(C)cc2)cn1. The lowest BCUT2D eigenvalue weighted by Gasteiger charge is -2.07. The van der Waals surface area contributed by atoms with Crippen LogP contribution in [0.4, 0.5) is 5.82 Å². The number of benzene rings is 1. The van der Waals surface area contributed by atoms with E-state index in [-0.39, 0.29) is 5.91 Å². The predicted octanol–water partition coefficient (Wildman–Crippen LogP) is 2.16. The number of aryl methyl sites for hydroxylation is 1. The van der Waals surface area contributed by atoms with E-state index in [0.29, 0.717) is 24.7 Å². The molecular formula is C17H22N4O2. The van der Waals surface area contributed by atoms with Crippen molar-refractivity contribution in [1.82, 2.24) is 15.3 Å². The van der Waals surface area contributed by atoms with Crippen molar-refractivity contribution >= 4 is 11.7 Å². The van der Waals surface area contributed by atoms with Gasteiger partial charge < -0.3 is 15.4 Å². The van der Waals surface area contributed by atoms with Crippen molar-refractivity contribution < 1.29 is 9.53 Å². The molecule has 0 bridgehead atoms. The van der Waals surface area contributed by atoms with E-state index in [1.54, 1.807) is 13.3 Å². The Morgan fingerprint density at radius 2 is 1.96 bits per heavy atom. The molecule has 122 valence electrons. The quantitative estimate of drug-likeness (QED) is 0.730. The van der Waals surface area contributed by atoms with E-state index in [0.717, 1.165) is 18.5 Å². The van der Waals surface area contributed by atoms with Crippen molar-refractivity contribution in [2.45, 2.75) is 19.9 Å². The first-order valence-corrected chi connectivity index (χ1v) is 7.57. The molecule has 23 heavy (non-hydrogen) atoms. The summed E-state index contributed by atoms with van der Waals surface area (Å²) in [5.74, 6) is 0.417. The van der Waals surface area contributed by atoms with Crippen LogP contribution in [0.2, 0.25) is 0 Å². The minimum atomic E-state index is -0.232. The molecule has 0 saturated heterocycles. The van der Waals surface area contributed by atoms with E-state index < -0.39 is 0 Å². The first-order valence-electron chi connectivity index (χ1n) is 7.57. The third kappa shape index (κ3) is 5.67. The van der Waals surface area contributed by atoms with E-state index in [9.17, 15) is 4.79 Å². The van der Waals surface area contributed by atoms with Gasteiger partial charge >= 0.3 is 0 Å². The highest BCUT2D eigenvalue weighted by molar-refractivity contribution is 5.91. The maximum Gasteiger partial charge on any atom is 0.271 e. The molecule has 1 heterocycles. The van der Waals surface area contributed by atoms with E-state index in [4.69, 9.17) is 4.74 Å². The summed E-state index contributed by atoms with van der Waals surface area (Å²) in [5.41, 5.74) is 2.55. The number of ether oxygens (including phenoxy) is 1. The highest BCUT2D eigenvalue weighted by Crippen LogP contribution is 2.04. The first-order chi connectivity index (χ1) is 11.2. The summed E-state index contributed by atoms with van der Waals surface area (Å²) in [4.78, 5) is 20.4. The van der Waals surface area contributed by atoms with E-state index >= 15 is 0 Å². The van der Waals surface area contributed by atoms with Crippen LogP contribution in [-0.2, 0) is 11.3 Å². The molecule has 1 aromatic carbocycles.